The van der Waals surface area contributed by atoms with E-state index >= 15 is 0 Å². The van der Waals surface area contributed by atoms with Crippen molar-refractivity contribution < 1.29 is 22.7 Å². The van der Waals surface area contributed by atoms with Crippen LogP contribution in [-0.4, -0.2) is 10.9 Å². The van der Waals surface area contributed by atoms with Gasteiger partial charge in [0.1, 0.15) is 23.6 Å². The molecule has 0 saturated heterocycles. The number of benzene rings is 2. The van der Waals surface area contributed by atoms with Crippen molar-refractivity contribution in [3.8, 4) is 11.8 Å². The van der Waals surface area contributed by atoms with E-state index in [4.69, 9.17) is 9.15 Å². The fraction of sp³-hybridized carbons (Fsp3) is 0.273. The number of nitrogens with one attached hydrogen (secondary N) is 1. The van der Waals surface area contributed by atoms with Crippen molar-refractivity contribution in [1.82, 2.24) is 10.3 Å². The maximum atomic E-state index is 13.7. The van der Waals surface area contributed by atoms with E-state index in [1.807, 2.05) is 12.1 Å². The first-order chi connectivity index (χ1) is 13.7. The molecule has 0 saturated carbocycles. The molecule has 29 heavy (non-hydrogen) atoms. The number of aromatic nitrogens is 1. The van der Waals surface area contributed by atoms with Gasteiger partial charge in [-0.15, -0.1) is 0 Å². The van der Waals surface area contributed by atoms with Gasteiger partial charge in [0.05, 0.1) is 6.04 Å². The lowest BCUT2D eigenvalue weighted by Crippen LogP contribution is -2.27. The number of hydrogen-bond donors (Lipinski definition) is 1. The van der Waals surface area contributed by atoms with Crippen molar-refractivity contribution >= 4 is 5.91 Å². The Bertz CT molecular complexity index is 990. The summed E-state index contributed by atoms with van der Waals surface area (Å²) in [5.74, 6) is -0.947. The van der Waals surface area contributed by atoms with E-state index in [9.17, 15) is 13.6 Å². The minimum Gasteiger partial charge on any atom is -0.416 e. The van der Waals surface area contributed by atoms with Gasteiger partial charge in [0.25, 0.3) is 5.91 Å². The van der Waals surface area contributed by atoms with Crippen LogP contribution in [0.25, 0.3) is 0 Å². The third-order valence-corrected chi connectivity index (χ3v) is 4.62. The zero-order chi connectivity index (χ0) is 21.1. The highest BCUT2D eigenvalue weighted by molar-refractivity contribution is 5.92. The molecule has 1 N–H and O–H groups in total. The molecule has 1 heterocycles. The Labute approximate surface area is 167 Å². The fourth-order valence-electron chi connectivity index (χ4n) is 2.70. The Hall–Kier alpha value is -3.22. The van der Waals surface area contributed by atoms with Crippen LogP contribution in [0.3, 0.4) is 0 Å². The molecule has 0 unspecified atom stereocenters. The molecule has 5 nitrogen and oxygen atoms in total. The normalized spacial score (nSPS) is 12.1. The van der Waals surface area contributed by atoms with Crippen LogP contribution in [0.15, 0.2) is 47.1 Å². The van der Waals surface area contributed by atoms with E-state index in [0.717, 1.165) is 6.26 Å². The first-order valence-corrected chi connectivity index (χ1v) is 9.24. The summed E-state index contributed by atoms with van der Waals surface area (Å²) in [6, 6.07) is 9.24. The molecule has 1 aromatic heterocycles. The summed E-state index contributed by atoms with van der Waals surface area (Å²) in [6.07, 6.45) is 1.09. The predicted molar refractivity (Wildman–Crippen MR) is 104 cm³/mol. The minimum atomic E-state index is -0.665. The number of carbonyl (C=O) groups excluding carboxylic acids is 1. The number of amides is 1. The lowest BCUT2D eigenvalue weighted by atomic mass is 10.0. The van der Waals surface area contributed by atoms with Crippen molar-refractivity contribution in [2.24, 2.45) is 0 Å². The molecule has 7 heteroatoms. The van der Waals surface area contributed by atoms with Crippen molar-refractivity contribution in [2.75, 3.05) is 0 Å². The van der Waals surface area contributed by atoms with E-state index in [0.29, 0.717) is 17.2 Å². The van der Waals surface area contributed by atoms with Gasteiger partial charge in [-0.05, 0) is 55.2 Å². The van der Waals surface area contributed by atoms with Crippen LogP contribution in [0.1, 0.15) is 59.9 Å². The monoisotopic (exact) mass is 400 g/mol. The second-order valence-corrected chi connectivity index (χ2v) is 7.13. The standard InChI is InChI=1S/C22H22F2N2O3/c1-12(2)15-5-7-17(8-6-15)29-22-26-20(11-28-22)21(27)25-14(4)16-9-18(23)13(3)19(24)10-16/h5-12,14H,1-4H3,(H,25,27)/t14-/m1/s1. The van der Waals surface area contributed by atoms with E-state index in [2.05, 4.69) is 24.1 Å². The number of oxazole rings is 1. The van der Waals surface area contributed by atoms with Gasteiger partial charge in [-0.1, -0.05) is 26.0 Å². The molecule has 1 amide bonds. The number of rotatable bonds is 6. The van der Waals surface area contributed by atoms with Gasteiger partial charge in [-0.2, -0.15) is 4.98 Å². The minimum absolute atomic E-state index is 0.00120. The zero-order valence-corrected chi connectivity index (χ0v) is 16.6. The molecule has 0 spiro atoms. The maximum absolute atomic E-state index is 13.7. The summed E-state index contributed by atoms with van der Waals surface area (Å²) >= 11 is 0. The predicted octanol–water partition coefficient (Wildman–Crippen LogP) is 5.67. The molecule has 1 atom stereocenters. The van der Waals surface area contributed by atoms with E-state index in [1.165, 1.54) is 24.6 Å². The summed E-state index contributed by atoms with van der Waals surface area (Å²) in [5.41, 5.74) is 1.41. The average Bonchev–Trinajstić information content (AvgIpc) is 3.14. The zero-order valence-electron chi connectivity index (χ0n) is 16.6. The van der Waals surface area contributed by atoms with Gasteiger partial charge in [0.15, 0.2) is 5.69 Å². The highest BCUT2D eigenvalue weighted by Gasteiger charge is 2.18. The quantitative estimate of drug-likeness (QED) is 0.579. The van der Waals surface area contributed by atoms with Crippen LogP contribution in [0.2, 0.25) is 0 Å². The Morgan fingerprint density at radius 3 is 2.28 bits per heavy atom. The molecular formula is C22H22F2N2O3. The van der Waals surface area contributed by atoms with Crippen molar-refractivity contribution in [2.45, 2.75) is 39.7 Å². The molecular weight excluding hydrogens is 378 g/mol. The molecule has 0 radical (unpaired) electrons. The second-order valence-electron chi connectivity index (χ2n) is 7.13. The summed E-state index contributed by atoms with van der Waals surface area (Å²) in [4.78, 5) is 16.4. The number of ether oxygens (including phenoxy) is 1. The third-order valence-electron chi connectivity index (χ3n) is 4.62. The number of halogens is 2. The smallest absolute Gasteiger partial charge is 0.399 e. The van der Waals surface area contributed by atoms with Gasteiger partial charge in [-0.3, -0.25) is 4.79 Å². The molecule has 3 rings (SSSR count). The summed E-state index contributed by atoms with van der Waals surface area (Å²) < 4.78 is 38.2. The maximum Gasteiger partial charge on any atom is 0.399 e. The van der Waals surface area contributed by atoms with Crippen LogP contribution in [0, 0.1) is 18.6 Å². The summed E-state index contributed by atoms with van der Waals surface area (Å²) in [7, 11) is 0. The highest BCUT2D eigenvalue weighted by atomic mass is 19.1. The topological polar surface area (TPSA) is 64.4 Å². The van der Waals surface area contributed by atoms with Crippen molar-refractivity contribution in [1.29, 1.82) is 0 Å². The number of hydrogen-bond acceptors (Lipinski definition) is 4. The lowest BCUT2D eigenvalue weighted by molar-refractivity contribution is 0.0934. The lowest BCUT2D eigenvalue weighted by Gasteiger charge is -2.14. The van der Waals surface area contributed by atoms with Gasteiger partial charge in [-0.25, -0.2) is 8.78 Å². The number of carbonyl (C=O) groups is 1. The van der Waals surface area contributed by atoms with Gasteiger partial charge < -0.3 is 14.5 Å². The molecule has 2 aromatic carbocycles. The van der Waals surface area contributed by atoms with Crippen molar-refractivity contribution in [3.63, 3.8) is 0 Å². The first-order valence-electron chi connectivity index (χ1n) is 9.24. The third kappa shape index (κ3) is 4.80. The molecule has 0 bridgehead atoms. The van der Waals surface area contributed by atoms with Gasteiger partial charge in [0.2, 0.25) is 0 Å². The highest BCUT2D eigenvalue weighted by Crippen LogP contribution is 2.24. The summed E-state index contributed by atoms with van der Waals surface area (Å²) in [6.45, 7) is 7.16. The van der Waals surface area contributed by atoms with Crippen LogP contribution in [-0.2, 0) is 0 Å². The van der Waals surface area contributed by atoms with Crippen LogP contribution in [0.4, 0.5) is 8.78 Å². The van der Waals surface area contributed by atoms with E-state index in [1.54, 1.807) is 19.1 Å². The van der Waals surface area contributed by atoms with E-state index < -0.39 is 23.6 Å². The SMILES string of the molecule is Cc1c(F)cc([C@@H](C)NC(=O)c2coc(Oc3ccc(C(C)C)cc3)n2)cc1F. The van der Waals surface area contributed by atoms with E-state index in [-0.39, 0.29) is 17.3 Å². The average molecular weight is 400 g/mol. The molecule has 152 valence electrons. The molecule has 0 aliphatic heterocycles. The molecule has 0 fully saturated rings. The fourth-order valence-corrected chi connectivity index (χ4v) is 2.70. The first kappa shape index (κ1) is 20.5. The van der Waals surface area contributed by atoms with Crippen LogP contribution >= 0.6 is 0 Å². The van der Waals surface area contributed by atoms with Crippen LogP contribution in [0.5, 0.6) is 11.8 Å². The number of nitrogens with zero attached hydrogens (tertiary/aromatic N) is 1. The Morgan fingerprint density at radius 1 is 1.07 bits per heavy atom. The largest absolute Gasteiger partial charge is 0.416 e. The Morgan fingerprint density at radius 2 is 1.69 bits per heavy atom. The van der Waals surface area contributed by atoms with Crippen molar-refractivity contribution in [3.05, 3.63) is 76.7 Å². The van der Waals surface area contributed by atoms with Crippen LogP contribution < -0.4 is 10.1 Å². The second kappa shape index (κ2) is 8.43. The molecule has 3 aromatic rings. The molecule has 0 aliphatic carbocycles. The summed E-state index contributed by atoms with van der Waals surface area (Å²) in [5, 5.41) is 2.63. The van der Waals surface area contributed by atoms with Gasteiger partial charge >= 0.3 is 6.08 Å². The Kier molecular flexibility index (Phi) is 5.96. The van der Waals surface area contributed by atoms with Gasteiger partial charge in [0, 0.05) is 5.56 Å². The Balaban J connectivity index is 1.66. The molecule has 0 aliphatic rings.